The van der Waals surface area contributed by atoms with E-state index in [0.29, 0.717) is 12.3 Å². The molecule has 1 rings (SSSR count). The van der Waals surface area contributed by atoms with Gasteiger partial charge in [-0.15, -0.1) is 0 Å². The number of methoxy groups -OCH3 is 1. The van der Waals surface area contributed by atoms with Crippen LogP contribution in [0, 0.1) is 0 Å². The van der Waals surface area contributed by atoms with Crippen LogP contribution in [-0.2, 0) is 11.3 Å². The smallest absolute Gasteiger partial charge is 0.332 e. The number of carboxylic acids is 1. The van der Waals surface area contributed by atoms with Gasteiger partial charge >= 0.3 is 12.0 Å². The van der Waals surface area contributed by atoms with Gasteiger partial charge in [0.2, 0.25) is 0 Å². The van der Waals surface area contributed by atoms with Crippen molar-refractivity contribution < 1.29 is 24.5 Å². The summed E-state index contributed by atoms with van der Waals surface area (Å²) in [6, 6.07) is 7.02. The van der Waals surface area contributed by atoms with E-state index in [-0.39, 0.29) is 19.0 Å². The van der Waals surface area contributed by atoms with Crippen molar-refractivity contribution in [3.05, 3.63) is 29.8 Å². The van der Waals surface area contributed by atoms with Gasteiger partial charge in [-0.25, -0.2) is 9.59 Å². The van der Waals surface area contributed by atoms with Gasteiger partial charge in [-0.2, -0.15) is 0 Å². The molecule has 0 bridgehead atoms. The number of carbonyl (C=O) groups excluding carboxylic acids is 1. The fourth-order valence-electron chi connectivity index (χ4n) is 1.69. The van der Waals surface area contributed by atoms with Crippen LogP contribution in [0.1, 0.15) is 12.0 Å². The Morgan fingerprint density at radius 2 is 2.14 bits per heavy atom. The quantitative estimate of drug-likeness (QED) is 0.687. The highest BCUT2D eigenvalue weighted by atomic mass is 16.5. The Bertz CT molecular complexity index is 492. The zero-order chi connectivity index (χ0) is 15.8. The van der Waals surface area contributed by atoms with Crippen molar-refractivity contribution in [1.29, 1.82) is 0 Å². The van der Waals surface area contributed by atoms with E-state index in [0.717, 1.165) is 5.56 Å². The lowest BCUT2D eigenvalue weighted by atomic mass is 10.2. The highest BCUT2D eigenvalue weighted by molar-refractivity contribution is 5.74. The number of urea groups is 1. The van der Waals surface area contributed by atoms with Crippen molar-refractivity contribution in [2.24, 2.45) is 0 Å². The number of aliphatic carboxylic acids is 1. The summed E-state index contributed by atoms with van der Waals surface area (Å²) in [6.45, 7) is 0.485. The average molecular weight is 296 g/mol. The van der Waals surface area contributed by atoms with Gasteiger partial charge < -0.3 is 25.2 Å². The number of hydrogen-bond donors (Lipinski definition) is 3. The third-order valence-corrected chi connectivity index (χ3v) is 2.88. The first-order valence-electron chi connectivity index (χ1n) is 6.46. The second-order valence-corrected chi connectivity index (χ2v) is 4.58. The van der Waals surface area contributed by atoms with E-state index in [2.05, 4.69) is 5.32 Å². The molecule has 0 saturated heterocycles. The number of ether oxygens (including phenoxy) is 1. The van der Waals surface area contributed by atoms with Crippen LogP contribution in [0.4, 0.5) is 4.79 Å². The molecule has 0 aliphatic carbocycles. The van der Waals surface area contributed by atoms with Crippen LogP contribution in [0.5, 0.6) is 5.75 Å². The SMILES string of the molecule is COc1cccc(CN(C)C(=O)NCC[C@H](O)C(=O)O)c1. The average Bonchev–Trinajstić information content (AvgIpc) is 2.46. The number of aliphatic hydroxyl groups excluding tert-OH is 1. The summed E-state index contributed by atoms with van der Waals surface area (Å²) in [5.74, 6) is -0.583. The molecule has 3 N–H and O–H groups in total. The maximum absolute atomic E-state index is 11.8. The highest BCUT2D eigenvalue weighted by Gasteiger charge is 2.14. The van der Waals surface area contributed by atoms with E-state index in [1.165, 1.54) is 4.90 Å². The van der Waals surface area contributed by atoms with Gasteiger partial charge in [0, 0.05) is 26.6 Å². The fourth-order valence-corrected chi connectivity index (χ4v) is 1.69. The molecule has 1 aromatic carbocycles. The minimum atomic E-state index is -1.46. The zero-order valence-corrected chi connectivity index (χ0v) is 12.1. The normalized spacial score (nSPS) is 11.6. The van der Waals surface area contributed by atoms with Gasteiger partial charge in [0.1, 0.15) is 5.75 Å². The number of amides is 2. The lowest BCUT2D eigenvalue weighted by Gasteiger charge is -2.18. The molecular formula is C14H20N2O5. The summed E-state index contributed by atoms with van der Waals surface area (Å²) >= 11 is 0. The summed E-state index contributed by atoms with van der Waals surface area (Å²) in [5.41, 5.74) is 0.914. The van der Waals surface area contributed by atoms with Crippen molar-refractivity contribution in [2.45, 2.75) is 19.1 Å². The molecule has 7 heteroatoms. The molecule has 0 saturated carbocycles. The van der Waals surface area contributed by atoms with Crippen LogP contribution in [-0.4, -0.2) is 53.9 Å². The second-order valence-electron chi connectivity index (χ2n) is 4.58. The van der Waals surface area contributed by atoms with Crippen molar-refractivity contribution >= 4 is 12.0 Å². The van der Waals surface area contributed by atoms with Gasteiger partial charge in [-0.05, 0) is 17.7 Å². The van der Waals surface area contributed by atoms with Crippen LogP contribution in [0.25, 0.3) is 0 Å². The first-order valence-corrected chi connectivity index (χ1v) is 6.46. The van der Waals surface area contributed by atoms with Crippen molar-refractivity contribution in [2.75, 3.05) is 20.7 Å². The Kier molecular flexibility index (Phi) is 6.48. The molecule has 116 valence electrons. The van der Waals surface area contributed by atoms with Crippen molar-refractivity contribution in [3.8, 4) is 5.75 Å². The van der Waals surface area contributed by atoms with Gasteiger partial charge in [-0.1, -0.05) is 12.1 Å². The maximum atomic E-state index is 11.8. The molecule has 0 fully saturated rings. The fraction of sp³-hybridized carbons (Fsp3) is 0.429. The molecule has 0 radical (unpaired) electrons. The predicted molar refractivity (Wildman–Crippen MR) is 76.1 cm³/mol. The van der Waals surface area contributed by atoms with Crippen LogP contribution in [0.15, 0.2) is 24.3 Å². The summed E-state index contributed by atoms with van der Waals surface area (Å²) in [5, 5.41) is 20.2. The Hall–Kier alpha value is -2.28. The number of benzene rings is 1. The molecule has 0 aliphatic heterocycles. The lowest BCUT2D eigenvalue weighted by Crippen LogP contribution is -2.38. The van der Waals surface area contributed by atoms with Gasteiger partial charge in [0.15, 0.2) is 6.10 Å². The molecule has 21 heavy (non-hydrogen) atoms. The molecular weight excluding hydrogens is 276 g/mol. The Labute approximate surface area is 123 Å². The van der Waals surface area contributed by atoms with E-state index < -0.39 is 12.1 Å². The second kappa shape index (κ2) is 8.11. The third-order valence-electron chi connectivity index (χ3n) is 2.88. The Morgan fingerprint density at radius 1 is 1.43 bits per heavy atom. The molecule has 0 aliphatic rings. The maximum Gasteiger partial charge on any atom is 0.332 e. The minimum absolute atomic E-state index is 0.0337. The third kappa shape index (κ3) is 5.70. The van der Waals surface area contributed by atoms with Gasteiger partial charge in [0.05, 0.1) is 7.11 Å². The number of carboxylic acid groups (broad SMARTS) is 1. The number of rotatable bonds is 7. The summed E-state index contributed by atoms with van der Waals surface area (Å²) in [7, 11) is 3.20. The Balaban J connectivity index is 2.42. The van der Waals surface area contributed by atoms with E-state index in [9.17, 15) is 9.59 Å². The van der Waals surface area contributed by atoms with E-state index in [1.807, 2.05) is 24.3 Å². The van der Waals surface area contributed by atoms with E-state index >= 15 is 0 Å². The molecule has 1 aromatic rings. The largest absolute Gasteiger partial charge is 0.497 e. The molecule has 0 heterocycles. The topological polar surface area (TPSA) is 99.1 Å². The molecule has 1 atom stereocenters. The van der Waals surface area contributed by atoms with Crippen LogP contribution in [0.2, 0.25) is 0 Å². The summed E-state index contributed by atoms with van der Waals surface area (Å²) in [6.07, 6.45) is -1.50. The van der Waals surface area contributed by atoms with Crippen molar-refractivity contribution in [3.63, 3.8) is 0 Å². The zero-order valence-electron chi connectivity index (χ0n) is 12.1. The Morgan fingerprint density at radius 3 is 2.76 bits per heavy atom. The van der Waals surface area contributed by atoms with Gasteiger partial charge in [-0.3, -0.25) is 0 Å². The number of nitrogens with one attached hydrogen (secondary N) is 1. The van der Waals surface area contributed by atoms with Crippen molar-refractivity contribution in [1.82, 2.24) is 10.2 Å². The molecule has 2 amide bonds. The lowest BCUT2D eigenvalue weighted by molar-refractivity contribution is -0.146. The number of nitrogens with zero attached hydrogens (tertiary/aromatic N) is 1. The van der Waals surface area contributed by atoms with Crippen LogP contribution >= 0.6 is 0 Å². The van der Waals surface area contributed by atoms with Crippen LogP contribution in [0.3, 0.4) is 0 Å². The predicted octanol–water partition coefficient (Wildman–Crippen LogP) is 0.672. The van der Waals surface area contributed by atoms with Crippen LogP contribution < -0.4 is 10.1 Å². The van der Waals surface area contributed by atoms with E-state index in [4.69, 9.17) is 14.9 Å². The monoisotopic (exact) mass is 296 g/mol. The van der Waals surface area contributed by atoms with Gasteiger partial charge in [0.25, 0.3) is 0 Å². The summed E-state index contributed by atoms with van der Waals surface area (Å²) in [4.78, 5) is 23.7. The summed E-state index contributed by atoms with van der Waals surface area (Å²) < 4.78 is 5.11. The first-order chi connectivity index (χ1) is 9.93. The minimum Gasteiger partial charge on any atom is -0.497 e. The molecule has 0 spiro atoms. The number of hydrogen-bond acceptors (Lipinski definition) is 4. The number of aliphatic hydroxyl groups is 1. The van der Waals surface area contributed by atoms with E-state index in [1.54, 1.807) is 14.2 Å². The molecule has 0 unspecified atom stereocenters. The first kappa shape index (κ1) is 16.8. The standard InChI is InChI=1S/C14H20N2O5/c1-16(9-10-4-3-5-11(8-10)21-2)14(20)15-7-6-12(17)13(18)19/h3-5,8,12,17H,6-7,9H2,1-2H3,(H,15,20)(H,18,19)/t12-/m0/s1. The molecule has 0 aromatic heterocycles. The highest BCUT2D eigenvalue weighted by Crippen LogP contribution is 2.13. The molecule has 7 nitrogen and oxygen atoms in total. The number of carbonyl (C=O) groups is 2.